The molecular weight excluding hydrogens is 476 g/mol. The van der Waals surface area contributed by atoms with E-state index in [1.807, 2.05) is 0 Å². The van der Waals surface area contributed by atoms with E-state index in [0.29, 0.717) is 29.3 Å². The molecule has 2 saturated heterocycles. The Labute approximate surface area is 204 Å². The fourth-order valence-corrected chi connectivity index (χ4v) is 4.16. The summed E-state index contributed by atoms with van der Waals surface area (Å²) in [5.41, 5.74) is -0.0789. The molecule has 3 aromatic heterocycles. The van der Waals surface area contributed by atoms with Crippen LogP contribution in [-0.2, 0) is 15.2 Å². The van der Waals surface area contributed by atoms with Gasteiger partial charge < -0.3 is 24.7 Å². The van der Waals surface area contributed by atoms with Gasteiger partial charge >= 0.3 is 0 Å². The SMILES string of the molecule is CC(Nc1nccc(-c2cccc(-c3cc(C4(O)CCN(C)C4=O)on3)n2)n1)C(=O)N1CC(F)(F)C1. The third-order valence-electron chi connectivity index (χ3n) is 6.23. The minimum Gasteiger partial charge on any atom is -0.373 e. The monoisotopic (exact) mass is 499 g/mol. The first-order chi connectivity index (χ1) is 17.1. The number of hydrogen-bond donors (Lipinski definition) is 2. The zero-order chi connectivity index (χ0) is 25.7. The maximum atomic E-state index is 13.1. The molecule has 2 N–H and O–H groups in total. The molecule has 13 heteroatoms. The lowest BCUT2D eigenvalue weighted by atomic mass is 9.98. The standard InChI is InChI=1S/C23H23F2N7O4/c1-13(19(33)32-11-22(24,25)12-32)27-21-26-8-6-16(29-21)14-4-3-5-15(28-14)17-10-18(36-30-17)23(35)7-9-31(2)20(23)34/h3-6,8,10,13,35H,7,9,11-12H2,1-2H3,(H,26,27,29). The number of nitrogens with zero attached hydrogens (tertiary/aromatic N) is 6. The Morgan fingerprint density at radius 1 is 1.17 bits per heavy atom. The second-order valence-electron chi connectivity index (χ2n) is 9.00. The molecule has 2 aliphatic rings. The zero-order valence-corrected chi connectivity index (χ0v) is 19.5. The van der Waals surface area contributed by atoms with Crippen molar-refractivity contribution in [2.45, 2.75) is 30.9 Å². The van der Waals surface area contributed by atoms with E-state index in [-0.39, 0.29) is 18.1 Å². The van der Waals surface area contributed by atoms with E-state index in [4.69, 9.17) is 4.52 Å². The maximum absolute atomic E-state index is 13.1. The number of likely N-dealkylation sites (N-methyl/N-ethyl adjacent to an activating group) is 1. The highest BCUT2D eigenvalue weighted by atomic mass is 19.3. The van der Waals surface area contributed by atoms with Crippen LogP contribution in [0.25, 0.3) is 22.8 Å². The van der Waals surface area contributed by atoms with Crippen molar-refractivity contribution < 1.29 is 28.0 Å². The van der Waals surface area contributed by atoms with Crippen molar-refractivity contribution in [3.05, 3.63) is 42.3 Å². The first-order valence-electron chi connectivity index (χ1n) is 11.2. The first-order valence-corrected chi connectivity index (χ1v) is 11.2. The topological polar surface area (TPSA) is 138 Å². The number of halogens is 2. The molecule has 2 amide bonds. The number of aliphatic hydroxyl groups is 1. The largest absolute Gasteiger partial charge is 0.373 e. The van der Waals surface area contributed by atoms with E-state index in [1.54, 1.807) is 38.2 Å². The number of carbonyl (C=O) groups excluding carboxylic acids is 2. The molecule has 11 nitrogen and oxygen atoms in total. The van der Waals surface area contributed by atoms with Crippen LogP contribution in [0.2, 0.25) is 0 Å². The average molecular weight is 499 g/mol. The normalized spacial score (nSPS) is 21.9. The zero-order valence-electron chi connectivity index (χ0n) is 19.5. The fraction of sp³-hybridized carbons (Fsp3) is 0.391. The predicted octanol–water partition coefficient (Wildman–Crippen LogP) is 1.52. The number of carbonyl (C=O) groups is 2. The van der Waals surface area contributed by atoms with Crippen molar-refractivity contribution >= 4 is 17.8 Å². The molecule has 0 spiro atoms. The van der Waals surface area contributed by atoms with Crippen LogP contribution in [0.3, 0.4) is 0 Å². The summed E-state index contributed by atoms with van der Waals surface area (Å²) < 4.78 is 31.5. The summed E-state index contributed by atoms with van der Waals surface area (Å²) in [7, 11) is 1.60. The van der Waals surface area contributed by atoms with E-state index in [9.17, 15) is 23.5 Å². The highest BCUT2D eigenvalue weighted by Gasteiger charge is 2.49. The Kier molecular flexibility index (Phi) is 5.66. The number of alkyl halides is 2. The maximum Gasteiger partial charge on any atom is 0.282 e. The van der Waals surface area contributed by atoms with E-state index in [0.717, 1.165) is 4.90 Å². The molecule has 0 bridgehead atoms. The molecule has 2 aliphatic heterocycles. The second kappa shape index (κ2) is 8.59. The Bertz CT molecular complexity index is 1330. The Morgan fingerprint density at radius 3 is 2.53 bits per heavy atom. The number of hydrogen-bond acceptors (Lipinski definition) is 9. The number of amides is 2. The number of pyridine rings is 1. The van der Waals surface area contributed by atoms with Crippen molar-refractivity contribution in [1.82, 2.24) is 29.9 Å². The van der Waals surface area contributed by atoms with Crippen LogP contribution >= 0.6 is 0 Å². The fourth-order valence-electron chi connectivity index (χ4n) is 4.16. The average Bonchev–Trinajstić information content (AvgIpc) is 3.45. The third kappa shape index (κ3) is 4.26. The van der Waals surface area contributed by atoms with Crippen molar-refractivity contribution in [3.63, 3.8) is 0 Å². The number of rotatable bonds is 6. The Morgan fingerprint density at radius 2 is 1.86 bits per heavy atom. The molecule has 0 saturated carbocycles. The van der Waals surface area contributed by atoms with Crippen LogP contribution in [0.5, 0.6) is 0 Å². The lowest BCUT2D eigenvalue weighted by molar-refractivity contribution is -0.166. The summed E-state index contributed by atoms with van der Waals surface area (Å²) in [6.07, 6.45) is 1.68. The van der Waals surface area contributed by atoms with Gasteiger partial charge in [0, 0.05) is 32.3 Å². The highest BCUT2D eigenvalue weighted by Crippen LogP contribution is 2.34. The lowest BCUT2D eigenvalue weighted by Gasteiger charge is -2.40. The number of aromatic nitrogens is 4. The molecule has 2 atom stereocenters. The quantitative estimate of drug-likeness (QED) is 0.517. The van der Waals surface area contributed by atoms with Gasteiger partial charge in [-0.05, 0) is 25.1 Å². The lowest BCUT2D eigenvalue weighted by Crippen LogP contribution is -2.61. The Balaban J connectivity index is 1.33. The summed E-state index contributed by atoms with van der Waals surface area (Å²) in [6, 6.07) is 7.47. The van der Waals surface area contributed by atoms with Crippen LogP contribution in [0.15, 0.2) is 41.1 Å². The van der Waals surface area contributed by atoms with Crippen LogP contribution in [0.4, 0.5) is 14.7 Å². The number of likely N-dealkylation sites (tertiary alicyclic amines) is 2. The predicted molar refractivity (Wildman–Crippen MR) is 122 cm³/mol. The first kappa shape index (κ1) is 23.7. The molecule has 188 valence electrons. The second-order valence-corrected chi connectivity index (χ2v) is 9.00. The van der Waals surface area contributed by atoms with Crippen LogP contribution in [-0.4, -0.2) is 85.5 Å². The highest BCUT2D eigenvalue weighted by molar-refractivity contribution is 5.87. The van der Waals surface area contributed by atoms with Gasteiger partial charge in [0.05, 0.1) is 30.2 Å². The van der Waals surface area contributed by atoms with Crippen molar-refractivity contribution in [2.24, 2.45) is 0 Å². The summed E-state index contributed by atoms with van der Waals surface area (Å²) in [6.45, 7) is 0.761. The minimum atomic E-state index is -2.84. The summed E-state index contributed by atoms with van der Waals surface area (Å²) in [5.74, 6) is -3.57. The van der Waals surface area contributed by atoms with Gasteiger partial charge in [-0.15, -0.1) is 0 Å². The van der Waals surface area contributed by atoms with E-state index in [2.05, 4.69) is 25.4 Å². The summed E-state index contributed by atoms with van der Waals surface area (Å²) >= 11 is 0. The van der Waals surface area contributed by atoms with Crippen LogP contribution in [0.1, 0.15) is 19.1 Å². The molecular formula is C23H23F2N7O4. The molecule has 5 heterocycles. The van der Waals surface area contributed by atoms with Crippen molar-refractivity contribution in [3.8, 4) is 22.8 Å². The van der Waals surface area contributed by atoms with Gasteiger partial charge in [-0.25, -0.2) is 23.7 Å². The van der Waals surface area contributed by atoms with Gasteiger partial charge in [-0.1, -0.05) is 11.2 Å². The third-order valence-corrected chi connectivity index (χ3v) is 6.23. The molecule has 2 unspecified atom stereocenters. The summed E-state index contributed by atoms with van der Waals surface area (Å²) in [5, 5.41) is 17.6. The Hall–Kier alpha value is -4.00. The van der Waals surface area contributed by atoms with Crippen molar-refractivity contribution in [2.75, 3.05) is 32.0 Å². The molecule has 0 aliphatic carbocycles. The van der Waals surface area contributed by atoms with Crippen molar-refractivity contribution in [1.29, 1.82) is 0 Å². The van der Waals surface area contributed by atoms with E-state index >= 15 is 0 Å². The molecule has 2 fully saturated rings. The van der Waals surface area contributed by atoms with Gasteiger partial charge in [0.25, 0.3) is 11.8 Å². The molecule has 0 radical (unpaired) electrons. The number of anilines is 1. The number of nitrogens with one attached hydrogen (secondary N) is 1. The minimum absolute atomic E-state index is 0.0474. The van der Waals surface area contributed by atoms with E-state index in [1.165, 1.54) is 17.2 Å². The summed E-state index contributed by atoms with van der Waals surface area (Å²) in [4.78, 5) is 40.2. The van der Waals surface area contributed by atoms with Crippen LogP contribution in [0, 0.1) is 0 Å². The van der Waals surface area contributed by atoms with Gasteiger partial charge in [0.15, 0.2) is 5.76 Å². The smallest absolute Gasteiger partial charge is 0.282 e. The van der Waals surface area contributed by atoms with Gasteiger partial charge in [-0.2, -0.15) is 0 Å². The van der Waals surface area contributed by atoms with E-state index < -0.39 is 42.5 Å². The molecule has 36 heavy (non-hydrogen) atoms. The molecule has 0 aromatic carbocycles. The van der Waals surface area contributed by atoms with Crippen LogP contribution < -0.4 is 5.32 Å². The van der Waals surface area contributed by atoms with Gasteiger partial charge in [0.1, 0.15) is 11.7 Å². The van der Waals surface area contributed by atoms with Gasteiger partial charge in [0.2, 0.25) is 17.5 Å². The molecule has 3 aromatic rings. The van der Waals surface area contributed by atoms with Gasteiger partial charge in [-0.3, -0.25) is 9.59 Å². The molecule has 5 rings (SSSR count).